The Morgan fingerprint density at radius 3 is 2.40 bits per heavy atom. The quantitative estimate of drug-likeness (QED) is 0.243. The van der Waals surface area contributed by atoms with Gasteiger partial charge in [-0.2, -0.15) is 13.2 Å². The third-order valence-corrected chi connectivity index (χ3v) is 5.03. The van der Waals surface area contributed by atoms with Crippen LogP contribution in [-0.4, -0.2) is 21.5 Å². The molecule has 0 aliphatic rings. The van der Waals surface area contributed by atoms with Crippen LogP contribution in [0.1, 0.15) is 35.7 Å². The molecule has 0 atom stereocenters. The normalized spacial score (nSPS) is 11.2. The summed E-state index contributed by atoms with van der Waals surface area (Å²) in [6.07, 6.45) is -3.16. The largest absolute Gasteiger partial charge is 0.416 e. The number of amides is 1. The van der Waals surface area contributed by atoms with Gasteiger partial charge in [0.05, 0.1) is 21.5 Å². The topological polar surface area (TPSA) is 115 Å². The van der Waals surface area contributed by atoms with Crippen molar-refractivity contribution in [1.29, 1.82) is 0 Å². The van der Waals surface area contributed by atoms with E-state index < -0.39 is 44.4 Å². The molecule has 1 amide bonds. The van der Waals surface area contributed by atoms with Crippen molar-refractivity contribution in [3.05, 3.63) is 67.8 Å². The van der Waals surface area contributed by atoms with Crippen LogP contribution in [0.5, 0.6) is 0 Å². The number of unbranched alkanes of at least 4 members (excludes halogenated alkanes) is 1. The van der Waals surface area contributed by atoms with Gasteiger partial charge in [-0.1, -0.05) is 19.4 Å². The smallest absolute Gasteiger partial charge is 0.322 e. The fraction of sp³-hybridized carbons (Fsp3) is 0.278. The molecule has 2 aromatic rings. The lowest BCUT2D eigenvalue weighted by molar-refractivity contribution is -0.394. The minimum Gasteiger partial charge on any atom is -0.322 e. The molecular weight excluding hydrogens is 427 g/mol. The summed E-state index contributed by atoms with van der Waals surface area (Å²) in [5, 5.41) is 24.8. The van der Waals surface area contributed by atoms with Crippen molar-refractivity contribution in [2.45, 2.75) is 30.8 Å². The number of alkyl halides is 3. The van der Waals surface area contributed by atoms with Crippen LogP contribution in [0.3, 0.4) is 0 Å². The minimum absolute atomic E-state index is 0.00817. The highest BCUT2D eigenvalue weighted by Gasteiger charge is 2.32. The lowest BCUT2D eigenvalue weighted by Gasteiger charge is -2.12. The second-order valence-corrected chi connectivity index (χ2v) is 7.22. The number of thioether (sulfide) groups is 1. The van der Waals surface area contributed by atoms with Gasteiger partial charge in [0.15, 0.2) is 0 Å². The number of non-ortho nitro benzene ring substituents is 1. The van der Waals surface area contributed by atoms with Crippen LogP contribution in [0, 0.1) is 20.2 Å². The van der Waals surface area contributed by atoms with Crippen molar-refractivity contribution in [1.82, 2.24) is 0 Å². The molecule has 12 heteroatoms. The molecule has 8 nitrogen and oxygen atoms in total. The van der Waals surface area contributed by atoms with Crippen LogP contribution in [0.25, 0.3) is 0 Å². The molecule has 0 unspecified atom stereocenters. The minimum atomic E-state index is -4.64. The van der Waals surface area contributed by atoms with E-state index in [1.54, 1.807) is 0 Å². The molecule has 0 saturated heterocycles. The van der Waals surface area contributed by atoms with Crippen LogP contribution < -0.4 is 5.32 Å². The molecule has 1 N–H and O–H groups in total. The maximum atomic E-state index is 12.9. The Balaban J connectivity index is 2.50. The summed E-state index contributed by atoms with van der Waals surface area (Å²) in [6, 6.07) is 5.50. The van der Waals surface area contributed by atoms with Gasteiger partial charge in [-0.3, -0.25) is 25.0 Å². The number of benzene rings is 2. The Kier molecular flexibility index (Phi) is 7.38. The van der Waals surface area contributed by atoms with E-state index in [4.69, 9.17) is 0 Å². The zero-order chi connectivity index (χ0) is 22.5. The summed E-state index contributed by atoms with van der Waals surface area (Å²) < 4.78 is 38.7. The van der Waals surface area contributed by atoms with Crippen molar-refractivity contribution in [3.8, 4) is 0 Å². The van der Waals surface area contributed by atoms with Gasteiger partial charge in [-0.05, 0) is 30.4 Å². The third-order valence-electron chi connectivity index (χ3n) is 3.90. The monoisotopic (exact) mass is 443 g/mol. The number of nitrogens with one attached hydrogen (secondary N) is 1. The first-order valence-electron chi connectivity index (χ1n) is 8.62. The number of anilines is 1. The fourth-order valence-electron chi connectivity index (χ4n) is 2.47. The van der Waals surface area contributed by atoms with E-state index in [-0.39, 0.29) is 10.6 Å². The molecule has 0 aliphatic carbocycles. The maximum absolute atomic E-state index is 12.9. The second kappa shape index (κ2) is 9.57. The average molecular weight is 443 g/mol. The van der Waals surface area contributed by atoms with Gasteiger partial charge in [-0.15, -0.1) is 11.8 Å². The number of nitro groups is 2. The number of nitro benzene ring substituents is 2. The van der Waals surface area contributed by atoms with Crippen LogP contribution in [0.2, 0.25) is 0 Å². The van der Waals surface area contributed by atoms with E-state index in [0.29, 0.717) is 24.3 Å². The maximum Gasteiger partial charge on any atom is 0.416 e. The predicted octanol–water partition coefficient (Wildman–Crippen LogP) is 5.67. The Bertz CT molecular complexity index is 982. The molecule has 0 bridgehead atoms. The summed E-state index contributed by atoms with van der Waals surface area (Å²) in [5.74, 6) is -0.589. The molecule has 0 fully saturated rings. The van der Waals surface area contributed by atoms with Gasteiger partial charge in [-0.25, -0.2) is 0 Å². The molecule has 2 rings (SSSR count). The second-order valence-electron chi connectivity index (χ2n) is 6.09. The van der Waals surface area contributed by atoms with Crippen molar-refractivity contribution >= 4 is 34.7 Å². The molecule has 2 aromatic carbocycles. The Labute approximate surface area is 172 Å². The summed E-state index contributed by atoms with van der Waals surface area (Å²) in [4.78, 5) is 33.6. The van der Waals surface area contributed by atoms with Gasteiger partial charge >= 0.3 is 6.18 Å². The Hall–Kier alpha value is -3.15. The van der Waals surface area contributed by atoms with Gasteiger partial charge in [0, 0.05) is 16.6 Å². The highest BCUT2D eigenvalue weighted by atomic mass is 32.2. The van der Waals surface area contributed by atoms with E-state index in [1.807, 2.05) is 6.92 Å². The van der Waals surface area contributed by atoms with E-state index in [2.05, 4.69) is 5.32 Å². The standard InChI is InChI=1S/C18H16F3N3O5S/c1-2-3-7-30-15-10-13(23(26)27)9-14(24(28)29)16(15)17(25)22-12-6-4-5-11(8-12)18(19,20)21/h4-6,8-10H,2-3,7H2,1H3,(H,22,25). The summed E-state index contributed by atoms with van der Waals surface area (Å²) in [6.45, 7) is 1.90. The highest BCUT2D eigenvalue weighted by Crippen LogP contribution is 2.36. The van der Waals surface area contributed by atoms with Crippen molar-refractivity contribution in [3.63, 3.8) is 0 Å². The molecule has 0 saturated carbocycles. The lowest BCUT2D eigenvalue weighted by Crippen LogP contribution is -2.16. The van der Waals surface area contributed by atoms with E-state index in [1.165, 1.54) is 6.07 Å². The number of hydrogen-bond donors (Lipinski definition) is 1. The van der Waals surface area contributed by atoms with Crippen molar-refractivity contribution in [2.24, 2.45) is 0 Å². The number of rotatable bonds is 8. The fourth-order valence-corrected chi connectivity index (χ4v) is 3.67. The zero-order valence-electron chi connectivity index (χ0n) is 15.6. The SMILES string of the molecule is CCCCSc1cc([N+](=O)[O-])cc([N+](=O)[O-])c1C(=O)Nc1cccc(C(F)(F)F)c1. The molecule has 30 heavy (non-hydrogen) atoms. The Morgan fingerprint density at radius 1 is 1.13 bits per heavy atom. The third kappa shape index (κ3) is 5.69. The lowest BCUT2D eigenvalue weighted by atomic mass is 10.1. The number of hydrogen-bond acceptors (Lipinski definition) is 6. The molecule has 0 radical (unpaired) electrons. The number of halogens is 3. The van der Waals surface area contributed by atoms with Crippen LogP contribution in [0.4, 0.5) is 30.2 Å². The van der Waals surface area contributed by atoms with Crippen molar-refractivity contribution in [2.75, 3.05) is 11.1 Å². The molecular formula is C18H16F3N3O5S. The van der Waals surface area contributed by atoms with Crippen LogP contribution in [0.15, 0.2) is 41.3 Å². The first-order valence-corrected chi connectivity index (χ1v) is 9.61. The van der Waals surface area contributed by atoms with Gasteiger partial charge < -0.3 is 5.32 Å². The van der Waals surface area contributed by atoms with Crippen LogP contribution >= 0.6 is 11.8 Å². The number of carbonyl (C=O) groups is 1. The molecule has 0 aromatic heterocycles. The summed E-state index contributed by atoms with van der Waals surface area (Å²) in [7, 11) is 0. The molecule has 0 spiro atoms. The van der Waals surface area contributed by atoms with E-state index in [9.17, 15) is 38.2 Å². The van der Waals surface area contributed by atoms with E-state index in [0.717, 1.165) is 36.4 Å². The zero-order valence-corrected chi connectivity index (χ0v) is 16.4. The summed E-state index contributed by atoms with van der Waals surface area (Å²) >= 11 is 1.03. The first kappa shape index (κ1) is 23.1. The summed E-state index contributed by atoms with van der Waals surface area (Å²) in [5.41, 5.74) is -3.02. The highest BCUT2D eigenvalue weighted by molar-refractivity contribution is 7.99. The molecule has 0 aliphatic heterocycles. The van der Waals surface area contributed by atoms with Gasteiger partial charge in [0.25, 0.3) is 17.3 Å². The molecule has 160 valence electrons. The van der Waals surface area contributed by atoms with E-state index >= 15 is 0 Å². The van der Waals surface area contributed by atoms with Crippen LogP contribution in [-0.2, 0) is 6.18 Å². The number of nitrogens with zero attached hydrogens (tertiary/aromatic N) is 2. The first-order chi connectivity index (χ1) is 14.0. The predicted molar refractivity (Wildman–Crippen MR) is 105 cm³/mol. The molecule has 0 heterocycles. The van der Waals surface area contributed by atoms with Crippen molar-refractivity contribution < 1.29 is 27.8 Å². The Morgan fingerprint density at radius 2 is 1.83 bits per heavy atom. The average Bonchev–Trinajstić information content (AvgIpc) is 2.66. The number of carbonyl (C=O) groups excluding carboxylic acids is 1. The van der Waals surface area contributed by atoms with Gasteiger partial charge in [0.2, 0.25) is 0 Å². The van der Waals surface area contributed by atoms with Gasteiger partial charge in [0.1, 0.15) is 5.56 Å².